The largest absolute Gasteiger partial charge is 0.313 e. The molecule has 0 spiro atoms. The summed E-state index contributed by atoms with van der Waals surface area (Å²) in [5.41, 5.74) is 0. The van der Waals surface area contributed by atoms with Gasteiger partial charge in [0.15, 0.2) is 0 Å². The number of nitrogens with one attached hydrogen (secondary N) is 1. The third-order valence-corrected chi connectivity index (χ3v) is 4.15. The Hall–Kier alpha value is -0.120. The molecule has 0 aromatic rings. The van der Waals surface area contributed by atoms with Gasteiger partial charge >= 0.3 is 0 Å². The van der Waals surface area contributed by atoms with Crippen LogP contribution in [0.3, 0.4) is 0 Å². The molecule has 0 saturated carbocycles. The van der Waals surface area contributed by atoms with Crippen LogP contribution in [0.2, 0.25) is 0 Å². The maximum absolute atomic E-state index is 3.64. The quantitative estimate of drug-likeness (QED) is 0.773. The highest BCUT2D eigenvalue weighted by Crippen LogP contribution is 2.16. The highest BCUT2D eigenvalue weighted by Gasteiger charge is 2.23. The van der Waals surface area contributed by atoms with Crippen molar-refractivity contribution in [2.75, 3.05) is 46.3 Å². The van der Waals surface area contributed by atoms with Gasteiger partial charge in [-0.2, -0.15) is 0 Å². The molecule has 2 aliphatic rings. The van der Waals surface area contributed by atoms with Crippen LogP contribution < -0.4 is 5.32 Å². The van der Waals surface area contributed by atoms with Gasteiger partial charge in [0.05, 0.1) is 0 Å². The Bertz CT molecular complexity index is 207. The van der Waals surface area contributed by atoms with Crippen LogP contribution in [-0.2, 0) is 0 Å². The van der Waals surface area contributed by atoms with Crippen LogP contribution in [0.5, 0.6) is 0 Å². The van der Waals surface area contributed by atoms with Crippen LogP contribution in [0.15, 0.2) is 0 Å². The monoisotopic (exact) mass is 225 g/mol. The summed E-state index contributed by atoms with van der Waals surface area (Å²) in [5, 5.41) is 3.64. The lowest BCUT2D eigenvalue weighted by Gasteiger charge is -2.23. The fourth-order valence-corrected chi connectivity index (χ4v) is 3.05. The Labute approximate surface area is 100 Å². The van der Waals surface area contributed by atoms with Crippen molar-refractivity contribution >= 4 is 0 Å². The smallest absolute Gasteiger partial charge is 0.0107 e. The zero-order valence-electron chi connectivity index (χ0n) is 10.9. The minimum atomic E-state index is 0.760. The van der Waals surface area contributed by atoms with E-state index in [1.807, 2.05) is 0 Å². The molecule has 2 saturated heterocycles. The summed E-state index contributed by atoms with van der Waals surface area (Å²) >= 11 is 0. The Kier molecular flexibility index (Phi) is 4.62. The predicted molar refractivity (Wildman–Crippen MR) is 68.7 cm³/mol. The number of rotatable bonds is 3. The van der Waals surface area contributed by atoms with E-state index in [1.54, 1.807) is 0 Å². The summed E-state index contributed by atoms with van der Waals surface area (Å²) in [6, 6.07) is 0.760. The van der Waals surface area contributed by atoms with E-state index < -0.39 is 0 Å². The van der Waals surface area contributed by atoms with E-state index in [2.05, 4.69) is 29.1 Å². The Morgan fingerprint density at radius 1 is 1.19 bits per heavy atom. The molecular weight excluding hydrogens is 198 g/mol. The topological polar surface area (TPSA) is 18.5 Å². The molecule has 1 N–H and O–H groups in total. The van der Waals surface area contributed by atoms with Gasteiger partial charge in [-0.15, -0.1) is 0 Å². The first-order valence-electron chi connectivity index (χ1n) is 6.92. The first-order chi connectivity index (χ1) is 7.78. The Balaban J connectivity index is 1.73. The molecule has 94 valence electrons. The third kappa shape index (κ3) is 3.44. The molecule has 3 heteroatoms. The summed E-state index contributed by atoms with van der Waals surface area (Å²) in [5.74, 6) is 0.920. The second-order valence-corrected chi connectivity index (χ2v) is 5.57. The fourth-order valence-electron chi connectivity index (χ4n) is 3.05. The summed E-state index contributed by atoms with van der Waals surface area (Å²) in [6.07, 6.45) is 4.01. The average molecular weight is 225 g/mol. The minimum Gasteiger partial charge on any atom is -0.313 e. The molecule has 2 rings (SSSR count). The summed E-state index contributed by atoms with van der Waals surface area (Å²) in [6.45, 7) is 9.95. The highest BCUT2D eigenvalue weighted by atomic mass is 15.2. The van der Waals surface area contributed by atoms with Gasteiger partial charge in [0.2, 0.25) is 0 Å². The van der Waals surface area contributed by atoms with Crippen molar-refractivity contribution in [3.05, 3.63) is 0 Å². The number of hydrogen-bond donors (Lipinski definition) is 1. The van der Waals surface area contributed by atoms with E-state index in [-0.39, 0.29) is 0 Å². The third-order valence-electron chi connectivity index (χ3n) is 4.15. The van der Waals surface area contributed by atoms with E-state index in [1.165, 1.54) is 58.5 Å². The van der Waals surface area contributed by atoms with Crippen LogP contribution in [0.25, 0.3) is 0 Å². The van der Waals surface area contributed by atoms with E-state index in [9.17, 15) is 0 Å². The van der Waals surface area contributed by atoms with Gasteiger partial charge in [0, 0.05) is 32.2 Å². The molecule has 16 heavy (non-hydrogen) atoms. The first kappa shape index (κ1) is 12.3. The van der Waals surface area contributed by atoms with E-state index >= 15 is 0 Å². The van der Waals surface area contributed by atoms with Crippen LogP contribution in [0.4, 0.5) is 0 Å². The number of nitrogens with zero attached hydrogens (tertiary/aromatic N) is 2. The van der Waals surface area contributed by atoms with Gasteiger partial charge in [-0.3, -0.25) is 0 Å². The van der Waals surface area contributed by atoms with Crippen molar-refractivity contribution in [1.82, 2.24) is 15.1 Å². The number of likely N-dealkylation sites (tertiary alicyclic amines) is 1. The normalized spacial score (nSPS) is 34.1. The van der Waals surface area contributed by atoms with Gasteiger partial charge in [-0.1, -0.05) is 6.92 Å². The molecule has 0 amide bonds. The van der Waals surface area contributed by atoms with Crippen molar-refractivity contribution in [3.63, 3.8) is 0 Å². The highest BCUT2D eigenvalue weighted by molar-refractivity contribution is 4.79. The molecule has 2 aliphatic heterocycles. The zero-order valence-corrected chi connectivity index (χ0v) is 10.9. The molecule has 0 bridgehead atoms. The Morgan fingerprint density at radius 3 is 2.75 bits per heavy atom. The van der Waals surface area contributed by atoms with Crippen LogP contribution >= 0.6 is 0 Å². The molecule has 0 aromatic carbocycles. The molecular formula is C13H27N3. The second-order valence-electron chi connectivity index (χ2n) is 5.57. The molecule has 2 heterocycles. The minimum absolute atomic E-state index is 0.760. The number of hydrogen-bond acceptors (Lipinski definition) is 3. The maximum Gasteiger partial charge on any atom is 0.0107 e. The van der Waals surface area contributed by atoms with E-state index in [0.29, 0.717) is 0 Å². The van der Waals surface area contributed by atoms with Crippen molar-refractivity contribution in [1.29, 1.82) is 0 Å². The summed E-state index contributed by atoms with van der Waals surface area (Å²) in [7, 11) is 2.25. The molecule has 0 aliphatic carbocycles. The lowest BCUT2D eigenvalue weighted by molar-refractivity contribution is 0.242. The molecule has 2 atom stereocenters. The SMILES string of the molecule is CCC1CCN(CC2CCN(C)C2)CCN1. The van der Waals surface area contributed by atoms with Gasteiger partial charge in [-0.05, 0) is 45.3 Å². The summed E-state index contributed by atoms with van der Waals surface area (Å²) in [4.78, 5) is 5.14. The van der Waals surface area contributed by atoms with Gasteiger partial charge < -0.3 is 15.1 Å². The van der Waals surface area contributed by atoms with Crippen LogP contribution in [-0.4, -0.2) is 62.2 Å². The van der Waals surface area contributed by atoms with Gasteiger partial charge in [0.25, 0.3) is 0 Å². The zero-order chi connectivity index (χ0) is 11.4. The first-order valence-corrected chi connectivity index (χ1v) is 6.92. The lowest BCUT2D eigenvalue weighted by Crippen LogP contribution is -2.33. The van der Waals surface area contributed by atoms with Crippen LogP contribution in [0.1, 0.15) is 26.2 Å². The van der Waals surface area contributed by atoms with Crippen molar-refractivity contribution in [2.45, 2.75) is 32.2 Å². The Morgan fingerprint density at radius 2 is 2.06 bits per heavy atom. The van der Waals surface area contributed by atoms with E-state index in [0.717, 1.165) is 12.0 Å². The predicted octanol–water partition coefficient (Wildman–Crippen LogP) is 1.01. The van der Waals surface area contributed by atoms with Gasteiger partial charge in [-0.25, -0.2) is 0 Å². The fraction of sp³-hybridized carbons (Fsp3) is 1.00. The second kappa shape index (κ2) is 5.99. The molecule has 2 fully saturated rings. The molecule has 0 aromatic heterocycles. The molecule has 3 nitrogen and oxygen atoms in total. The molecule has 0 radical (unpaired) electrons. The van der Waals surface area contributed by atoms with Crippen molar-refractivity contribution < 1.29 is 0 Å². The average Bonchev–Trinajstić information content (AvgIpc) is 2.55. The lowest BCUT2D eigenvalue weighted by atomic mass is 10.1. The summed E-state index contributed by atoms with van der Waals surface area (Å²) < 4.78 is 0. The van der Waals surface area contributed by atoms with Crippen molar-refractivity contribution in [2.24, 2.45) is 5.92 Å². The van der Waals surface area contributed by atoms with Gasteiger partial charge in [0.1, 0.15) is 0 Å². The van der Waals surface area contributed by atoms with Crippen LogP contribution in [0, 0.1) is 5.92 Å². The standard InChI is InChI=1S/C13H27N3/c1-3-13-5-8-16(9-6-14-13)11-12-4-7-15(2)10-12/h12-14H,3-11H2,1-2H3. The van der Waals surface area contributed by atoms with Crippen molar-refractivity contribution in [3.8, 4) is 0 Å². The van der Waals surface area contributed by atoms with E-state index in [4.69, 9.17) is 0 Å². The maximum atomic E-state index is 3.64. The molecule has 2 unspecified atom stereocenters.